The van der Waals surface area contributed by atoms with E-state index in [0.29, 0.717) is 23.7 Å². The van der Waals surface area contributed by atoms with Crippen molar-refractivity contribution in [3.05, 3.63) is 29.0 Å². The molecule has 0 aromatic heterocycles. The Kier molecular flexibility index (Phi) is 4.72. The van der Waals surface area contributed by atoms with Crippen LogP contribution < -0.4 is 5.32 Å². The van der Waals surface area contributed by atoms with Crippen LogP contribution in [0.1, 0.15) is 0 Å². The summed E-state index contributed by atoms with van der Waals surface area (Å²) in [4.78, 5) is 24.5. The van der Waals surface area contributed by atoms with E-state index in [-0.39, 0.29) is 5.02 Å². The molecule has 20 heavy (non-hydrogen) atoms. The molecule has 1 unspecified atom stereocenters. The van der Waals surface area contributed by atoms with E-state index in [2.05, 4.69) is 5.32 Å². The van der Waals surface area contributed by atoms with Gasteiger partial charge in [-0.2, -0.15) is 11.8 Å². The first-order chi connectivity index (χ1) is 9.49. The highest BCUT2D eigenvalue weighted by molar-refractivity contribution is 7.99. The maximum absolute atomic E-state index is 13.0. The number of anilines is 1. The molecule has 108 valence electrons. The number of nitrogens with zero attached hydrogens (tertiary/aromatic N) is 1. The first-order valence-electron chi connectivity index (χ1n) is 5.82. The Bertz CT molecular complexity index is 543. The highest BCUT2D eigenvalue weighted by Gasteiger charge is 2.32. The number of aliphatic carboxylic acids is 1. The Labute approximate surface area is 124 Å². The monoisotopic (exact) mass is 318 g/mol. The Morgan fingerprint density at radius 3 is 2.90 bits per heavy atom. The number of carboxylic acids is 1. The van der Waals surface area contributed by atoms with E-state index >= 15 is 0 Å². The fourth-order valence-corrected chi connectivity index (χ4v) is 3.04. The third-order valence-corrected chi connectivity index (χ3v) is 4.16. The molecule has 2 N–H and O–H groups in total. The Hall–Kier alpha value is -1.47. The van der Waals surface area contributed by atoms with Crippen molar-refractivity contribution < 1.29 is 19.1 Å². The molecule has 1 aliphatic heterocycles. The van der Waals surface area contributed by atoms with E-state index < -0.39 is 23.9 Å². The summed E-state index contributed by atoms with van der Waals surface area (Å²) in [6.07, 6.45) is 0. The molecule has 8 heteroatoms. The molecule has 0 spiro atoms. The fraction of sp³-hybridized carbons (Fsp3) is 0.333. The van der Waals surface area contributed by atoms with E-state index in [1.165, 1.54) is 28.8 Å². The Morgan fingerprint density at radius 1 is 1.50 bits per heavy atom. The summed E-state index contributed by atoms with van der Waals surface area (Å²) < 4.78 is 13.0. The van der Waals surface area contributed by atoms with Gasteiger partial charge in [-0.25, -0.2) is 14.0 Å². The second-order valence-electron chi connectivity index (χ2n) is 4.18. The zero-order valence-corrected chi connectivity index (χ0v) is 11.9. The van der Waals surface area contributed by atoms with Gasteiger partial charge in [0.15, 0.2) is 0 Å². The lowest BCUT2D eigenvalue weighted by molar-refractivity contribution is -0.141. The van der Waals surface area contributed by atoms with Crippen molar-refractivity contribution in [1.82, 2.24) is 4.90 Å². The summed E-state index contributed by atoms with van der Waals surface area (Å²) in [6, 6.07) is 2.40. The van der Waals surface area contributed by atoms with Crippen LogP contribution in [0, 0.1) is 5.82 Å². The molecule has 5 nitrogen and oxygen atoms in total. The van der Waals surface area contributed by atoms with Crippen molar-refractivity contribution in [1.29, 1.82) is 0 Å². The van der Waals surface area contributed by atoms with Crippen molar-refractivity contribution >= 4 is 41.1 Å². The SMILES string of the molecule is O=C(O)C1CSCCN1C(=O)Nc1ccc(F)c(Cl)c1. The lowest BCUT2D eigenvalue weighted by Crippen LogP contribution is -2.51. The Balaban J connectivity index is 2.09. The molecule has 2 amide bonds. The number of halogens is 2. The van der Waals surface area contributed by atoms with Crippen LogP contribution in [0.25, 0.3) is 0 Å². The fourth-order valence-electron chi connectivity index (χ4n) is 1.82. The van der Waals surface area contributed by atoms with Crippen LogP contribution in [0.5, 0.6) is 0 Å². The highest BCUT2D eigenvalue weighted by Crippen LogP contribution is 2.21. The van der Waals surface area contributed by atoms with Crippen LogP contribution in [0.2, 0.25) is 5.02 Å². The number of benzene rings is 1. The average molecular weight is 319 g/mol. The number of hydrogen-bond acceptors (Lipinski definition) is 3. The van der Waals surface area contributed by atoms with Crippen LogP contribution >= 0.6 is 23.4 Å². The van der Waals surface area contributed by atoms with Crippen LogP contribution in [0.3, 0.4) is 0 Å². The van der Waals surface area contributed by atoms with Crippen molar-refractivity contribution in [2.75, 3.05) is 23.4 Å². The van der Waals surface area contributed by atoms with Gasteiger partial charge in [-0.3, -0.25) is 0 Å². The van der Waals surface area contributed by atoms with E-state index in [0.717, 1.165) is 6.07 Å². The van der Waals surface area contributed by atoms with E-state index in [1.807, 2.05) is 0 Å². The molecule has 1 aromatic rings. The highest BCUT2D eigenvalue weighted by atomic mass is 35.5. The van der Waals surface area contributed by atoms with E-state index in [9.17, 15) is 14.0 Å². The van der Waals surface area contributed by atoms with Gasteiger partial charge < -0.3 is 15.3 Å². The molecule has 0 bridgehead atoms. The normalized spacial score (nSPS) is 18.7. The number of carbonyl (C=O) groups excluding carboxylic acids is 1. The lowest BCUT2D eigenvalue weighted by Gasteiger charge is -2.32. The van der Waals surface area contributed by atoms with Gasteiger partial charge in [-0.1, -0.05) is 11.6 Å². The molecule has 0 saturated carbocycles. The summed E-state index contributed by atoms with van der Waals surface area (Å²) in [5.41, 5.74) is 0.323. The molecular weight excluding hydrogens is 307 g/mol. The lowest BCUT2D eigenvalue weighted by atomic mass is 10.2. The van der Waals surface area contributed by atoms with Gasteiger partial charge in [0.1, 0.15) is 11.9 Å². The summed E-state index contributed by atoms with van der Waals surface area (Å²) in [7, 11) is 0. The summed E-state index contributed by atoms with van der Waals surface area (Å²) in [5.74, 6) is -0.583. The second kappa shape index (κ2) is 6.32. The number of carboxylic acid groups (broad SMARTS) is 1. The number of hydrogen-bond donors (Lipinski definition) is 2. The van der Waals surface area contributed by atoms with Crippen molar-refractivity contribution in [2.24, 2.45) is 0 Å². The number of amides is 2. The molecule has 1 aliphatic rings. The van der Waals surface area contributed by atoms with Gasteiger partial charge in [0.25, 0.3) is 0 Å². The zero-order valence-electron chi connectivity index (χ0n) is 10.3. The van der Waals surface area contributed by atoms with Gasteiger partial charge in [0, 0.05) is 23.7 Å². The Morgan fingerprint density at radius 2 is 2.25 bits per heavy atom. The molecule has 2 rings (SSSR count). The zero-order chi connectivity index (χ0) is 14.7. The average Bonchev–Trinajstić information content (AvgIpc) is 2.43. The van der Waals surface area contributed by atoms with Crippen LogP contribution in [0.4, 0.5) is 14.9 Å². The van der Waals surface area contributed by atoms with Gasteiger partial charge in [0.05, 0.1) is 5.02 Å². The summed E-state index contributed by atoms with van der Waals surface area (Å²) >= 11 is 7.11. The maximum atomic E-state index is 13.0. The predicted octanol–water partition coefficient (Wildman–Crippen LogP) is 2.51. The van der Waals surface area contributed by atoms with Crippen molar-refractivity contribution in [3.8, 4) is 0 Å². The largest absolute Gasteiger partial charge is 0.480 e. The number of thioether (sulfide) groups is 1. The number of nitrogens with one attached hydrogen (secondary N) is 1. The second-order valence-corrected chi connectivity index (χ2v) is 5.74. The molecule has 1 saturated heterocycles. The predicted molar refractivity (Wildman–Crippen MR) is 75.9 cm³/mol. The van der Waals surface area contributed by atoms with E-state index in [1.54, 1.807) is 0 Å². The molecule has 0 aliphatic carbocycles. The topological polar surface area (TPSA) is 69.6 Å². The smallest absolute Gasteiger partial charge is 0.327 e. The van der Waals surface area contributed by atoms with E-state index in [4.69, 9.17) is 16.7 Å². The van der Waals surface area contributed by atoms with Crippen molar-refractivity contribution in [2.45, 2.75) is 6.04 Å². The van der Waals surface area contributed by atoms with Crippen molar-refractivity contribution in [3.63, 3.8) is 0 Å². The minimum absolute atomic E-state index is 0.105. The maximum Gasteiger partial charge on any atom is 0.327 e. The molecule has 1 fully saturated rings. The van der Waals surface area contributed by atoms with Crippen LogP contribution in [-0.2, 0) is 4.79 Å². The van der Waals surface area contributed by atoms with Gasteiger partial charge in [-0.15, -0.1) is 0 Å². The molecule has 0 radical (unpaired) electrons. The van der Waals surface area contributed by atoms with Gasteiger partial charge in [-0.05, 0) is 18.2 Å². The summed E-state index contributed by atoms with van der Waals surface area (Å²) in [6.45, 7) is 0.350. The first-order valence-corrected chi connectivity index (χ1v) is 7.35. The van der Waals surface area contributed by atoms with Gasteiger partial charge >= 0.3 is 12.0 Å². The molecule has 1 heterocycles. The standard InChI is InChI=1S/C12H12ClFN2O3S/c13-8-5-7(1-2-9(8)14)15-12(19)16-3-4-20-6-10(16)11(17)18/h1-2,5,10H,3-4,6H2,(H,15,19)(H,17,18). The number of urea groups is 1. The number of rotatable bonds is 2. The third kappa shape index (κ3) is 3.34. The third-order valence-electron chi connectivity index (χ3n) is 2.85. The molecular formula is C12H12ClFN2O3S. The minimum Gasteiger partial charge on any atom is -0.480 e. The van der Waals surface area contributed by atoms with Gasteiger partial charge in [0.2, 0.25) is 0 Å². The molecule has 1 aromatic carbocycles. The summed E-state index contributed by atoms with van der Waals surface area (Å²) in [5, 5.41) is 11.5. The van der Waals surface area contributed by atoms with Crippen LogP contribution in [0.15, 0.2) is 18.2 Å². The number of carbonyl (C=O) groups is 2. The minimum atomic E-state index is -1.04. The molecule has 1 atom stereocenters. The first kappa shape index (κ1) is 14.9. The van der Waals surface area contributed by atoms with Crippen LogP contribution in [-0.4, -0.2) is 46.1 Å². The quantitative estimate of drug-likeness (QED) is 0.879.